The van der Waals surface area contributed by atoms with Crippen LogP contribution in [0.2, 0.25) is 0 Å². The van der Waals surface area contributed by atoms with E-state index in [2.05, 4.69) is 0 Å². The van der Waals surface area contributed by atoms with Crippen LogP contribution in [0.25, 0.3) is 0 Å². The molecule has 0 amide bonds. The van der Waals surface area contributed by atoms with E-state index in [1.165, 1.54) is 14.0 Å². The lowest BCUT2D eigenvalue weighted by Gasteiger charge is -2.60. The molecule has 0 aromatic rings. The van der Waals surface area contributed by atoms with Gasteiger partial charge in [0, 0.05) is 25.9 Å². The Morgan fingerprint density at radius 1 is 1.36 bits per heavy atom. The van der Waals surface area contributed by atoms with Gasteiger partial charge in [0.05, 0.1) is 24.2 Å². The monoisotopic (exact) mass is 358 g/mol. The summed E-state index contributed by atoms with van der Waals surface area (Å²) in [6, 6.07) is 0. The molecule has 0 spiro atoms. The summed E-state index contributed by atoms with van der Waals surface area (Å²) in [4.78, 5) is 24.3. The van der Waals surface area contributed by atoms with Crippen LogP contribution in [0.3, 0.4) is 0 Å². The molecule has 3 saturated carbocycles. The fraction of sp³-hybridized carbons (Fsp3) is 0.889. The fourth-order valence-electron chi connectivity index (χ4n) is 4.20. The molecule has 2 bridgehead atoms. The van der Waals surface area contributed by atoms with E-state index in [-0.39, 0.29) is 31.7 Å². The average Bonchev–Trinajstić information content (AvgIpc) is 2.44. The molecule has 1 N–H and O–H groups in total. The van der Waals surface area contributed by atoms with Gasteiger partial charge in [0.2, 0.25) is 0 Å². The predicted molar refractivity (Wildman–Crippen MR) is 88.8 cm³/mol. The lowest BCUT2D eigenvalue weighted by atomic mass is 9.51. The second-order valence-electron chi connectivity index (χ2n) is 8.39. The molecule has 3 aliphatic carbocycles. The van der Waals surface area contributed by atoms with Gasteiger partial charge in [-0.15, -0.1) is 0 Å². The smallest absolute Gasteiger partial charge is 0.303 e. The number of carbonyl (C=O) groups is 2. The highest BCUT2D eigenvalue weighted by molar-refractivity contribution is 5.86. The van der Waals surface area contributed by atoms with Crippen LogP contribution in [0, 0.1) is 11.3 Å². The van der Waals surface area contributed by atoms with Crippen LogP contribution in [0.1, 0.15) is 47.5 Å². The Morgan fingerprint density at radius 3 is 2.52 bits per heavy atom. The van der Waals surface area contributed by atoms with Gasteiger partial charge in [-0.1, -0.05) is 6.92 Å². The van der Waals surface area contributed by atoms with Crippen molar-refractivity contribution in [3.8, 4) is 0 Å². The Morgan fingerprint density at radius 2 is 2.00 bits per heavy atom. The minimum Gasteiger partial charge on any atom is -0.459 e. The molecule has 0 radical (unpaired) electrons. The molecule has 0 saturated heterocycles. The quantitative estimate of drug-likeness (QED) is 0.436. The number of rotatable bonds is 6. The predicted octanol–water partition coefficient (Wildman–Crippen LogP) is 1.45. The molecule has 0 heterocycles. The van der Waals surface area contributed by atoms with Crippen LogP contribution in [0.4, 0.5) is 0 Å². The first-order chi connectivity index (χ1) is 11.4. The van der Waals surface area contributed by atoms with Crippen LogP contribution >= 0.6 is 0 Å². The number of ether oxygens (including phenoxy) is 4. The second-order valence-corrected chi connectivity index (χ2v) is 8.39. The molecular weight excluding hydrogens is 328 g/mol. The number of carbonyl (C=O) groups excluding carboxylic acids is 2. The zero-order valence-corrected chi connectivity index (χ0v) is 16.0. The molecular formula is C18H30O7. The van der Waals surface area contributed by atoms with Crippen LogP contribution < -0.4 is 0 Å². The van der Waals surface area contributed by atoms with Gasteiger partial charge in [0.25, 0.3) is 0 Å². The van der Waals surface area contributed by atoms with Crippen LogP contribution in [-0.4, -0.2) is 60.8 Å². The third-order valence-corrected chi connectivity index (χ3v) is 5.10. The first-order valence-electron chi connectivity index (χ1n) is 8.61. The van der Waals surface area contributed by atoms with E-state index in [0.29, 0.717) is 6.42 Å². The first-order valence-corrected chi connectivity index (χ1v) is 8.61. The normalized spacial score (nSPS) is 38.0. The molecule has 5 atom stereocenters. The summed E-state index contributed by atoms with van der Waals surface area (Å²) in [6.07, 6.45) is -0.624. The number of Topliss-reactive ketones (excluding diaryl/α,β-unsaturated/α-hetero) is 1. The summed E-state index contributed by atoms with van der Waals surface area (Å²) in [5.74, 6) is -1.27. The Kier molecular flexibility index (Phi) is 5.64. The van der Waals surface area contributed by atoms with E-state index in [0.717, 1.165) is 0 Å². The minimum absolute atomic E-state index is 0.0192. The highest BCUT2D eigenvalue weighted by Gasteiger charge is 2.69. The van der Waals surface area contributed by atoms with E-state index < -0.39 is 34.6 Å². The lowest BCUT2D eigenvalue weighted by molar-refractivity contribution is -0.284. The summed E-state index contributed by atoms with van der Waals surface area (Å²) >= 11 is 0. The van der Waals surface area contributed by atoms with E-state index >= 15 is 0 Å². The molecule has 3 aliphatic rings. The third-order valence-electron chi connectivity index (χ3n) is 5.10. The zero-order chi connectivity index (χ0) is 19.0. The SMILES string of the molecule is COCOC[C@]1(O)[C@@H]2C[C@H](OC(C)(C)C)[C@@](C)(CC2=O)[C@H]1OC(C)=O. The second kappa shape index (κ2) is 6.95. The molecule has 144 valence electrons. The van der Waals surface area contributed by atoms with Crippen LogP contribution in [-0.2, 0) is 28.5 Å². The molecule has 7 heteroatoms. The Labute approximate surface area is 149 Å². The maximum atomic E-state index is 12.6. The molecule has 3 fully saturated rings. The van der Waals surface area contributed by atoms with Gasteiger partial charge in [-0.05, 0) is 27.2 Å². The maximum Gasteiger partial charge on any atom is 0.303 e. The summed E-state index contributed by atoms with van der Waals surface area (Å²) in [6.45, 7) is 8.79. The van der Waals surface area contributed by atoms with Gasteiger partial charge >= 0.3 is 5.97 Å². The number of fused-ring (bicyclic) bond motifs is 3. The van der Waals surface area contributed by atoms with E-state index in [9.17, 15) is 14.7 Å². The highest BCUT2D eigenvalue weighted by atomic mass is 16.7. The van der Waals surface area contributed by atoms with Crippen molar-refractivity contribution in [3.05, 3.63) is 0 Å². The van der Waals surface area contributed by atoms with E-state index in [4.69, 9.17) is 18.9 Å². The molecule has 25 heavy (non-hydrogen) atoms. The molecule has 3 rings (SSSR count). The number of hydrogen-bond acceptors (Lipinski definition) is 7. The number of ketones is 1. The summed E-state index contributed by atoms with van der Waals surface area (Å²) in [5, 5.41) is 11.3. The topological polar surface area (TPSA) is 91.3 Å². The maximum absolute atomic E-state index is 12.6. The van der Waals surface area contributed by atoms with Crippen molar-refractivity contribution in [2.24, 2.45) is 11.3 Å². The summed E-state index contributed by atoms with van der Waals surface area (Å²) < 4.78 is 21.9. The number of hydrogen-bond donors (Lipinski definition) is 1. The van der Waals surface area contributed by atoms with Crippen molar-refractivity contribution in [1.82, 2.24) is 0 Å². The third kappa shape index (κ3) is 3.89. The Balaban J connectivity index is 2.39. The molecule has 0 unspecified atom stereocenters. The Bertz CT molecular complexity index is 526. The van der Waals surface area contributed by atoms with Gasteiger partial charge in [-0.2, -0.15) is 0 Å². The highest BCUT2D eigenvalue weighted by Crippen LogP contribution is 2.56. The molecule has 7 nitrogen and oxygen atoms in total. The molecule has 0 aromatic carbocycles. The zero-order valence-electron chi connectivity index (χ0n) is 16.0. The van der Waals surface area contributed by atoms with Gasteiger partial charge in [-0.3, -0.25) is 9.59 Å². The van der Waals surface area contributed by atoms with Gasteiger partial charge < -0.3 is 24.1 Å². The van der Waals surface area contributed by atoms with Gasteiger partial charge in [-0.25, -0.2) is 0 Å². The van der Waals surface area contributed by atoms with Crippen molar-refractivity contribution < 1.29 is 33.6 Å². The van der Waals surface area contributed by atoms with E-state index in [1.54, 1.807) is 0 Å². The van der Waals surface area contributed by atoms with Crippen LogP contribution in [0.5, 0.6) is 0 Å². The minimum atomic E-state index is -1.59. The summed E-state index contributed by atoms with van der Waals surface area (Å²) in [5.41, 5.74) is -2.83. The first kappa shape index (κ1) is 20.3. The van der Waals surface area contributed by atoms with Crippen molar-refractivity contribution >= 4 is 11.8 Å². The van der Waals surface area contributed by atoms with Gasteiger partial charge in [0.15, 0.2) is 0 Å². The Hall–Kier alpha value is -1.02. The molecule has 0 aromatic heterocycles. The largest absolute Gasteiger partial charge is 0.459 e. The van der Waals surface area contributed by atoms with Crippen molar-refractivity contribution in [2.45, 2.75) is 70.9 Å². The average molecular weight is 358 g/mol. The standard InChI is InChI=1S/C18H30O7/c1-11(19)24-15-17(5)8-13(20)12(7-14(17)25-16(2,3)4)18(15,21)9-23-10-22-6/h12,14-15,21H,7-10H2,1-6H3/t12-,14+,15-,17-,18+/m1/s1. The summed E-state index contributed by atoms with van der Waals surface area (Å²) in [7, 11) is 1.47. The fourth-order valence-corrected chi connectivity index (χ4v) is 4.20. The number of aliphatic hydroxyl groups is 1. The lowest BCUT2D eigenvalue weighted by Crippen LogP contribution is -2.73. The number of esters is 1. The molecule has 0 aliphatic heterocycles. The van der Waals surface area contributed by atoms with E-state index in [1.807, 2.05) is 27.7 Å². The number of methoxy groups -OCH3 is 1. The van der Waals surface area contributed by atoms with Crippen molar-refractivity contribution in [2.75, 3.05) is 20.5 Å². The van der Waals surface area contributed by atoms with Gasteiger partial charge in [0.1, 0.15) is 24.3 Å². The van der Waals surface area contributed by atoms with Crippen molar-refractivity contribution in [3.63, 3.8) is 0 Å². The van der Waals surface area contributed by atoms with Crippen LogP contribution in [0.15, 0.2) is 0 Å². The van der Waals surface area contributed by atoms with Crippen molar-refractivity contribution in [1.29, 1.82) is 0 Å².